The van der Waals surface area contributed by atoms with E-state index in [1.54, 1.807) is 4.90 Å². The number of benzene rings is 3. The van der Waals surface area contributed by atoms with Gasteiger partial charge in [0.2, 0.25) is 15.9 Å². The predicted octanol–water partition coefficient (Wildman–Crippen LogP) is 3.81. The van der Waals surface area contributed by atoms with Crippen LogP contribution in [-0.4, -0.2) is 31.8 Å². The van der Waals surface area contributed by atoms with E-state index in [0.29, 0.717) is 18.1 Å². The largest absolute Gasteiger partial charge is 0.337 e. The number of sulfonamides is 1. The topological polar surface area (TPSA) is 66.5 Å². The number of fused-ring (bicyclic) bond motifs is 1. The zero-order valence-electron chi connectivity index (χ0n) is 16.9. The Morgan fingerprint density at radius 1 is 0.935 bits per heavy atom. The fourth-order valence-electron chi connectivity index (χ4n) is 3.80. The molecule has 0 radical (unpaired) electrons. The van der Waals surface area contributed by atoms with Crippen LogP contribution in [0.2, 0.25) is 5.02 Å². The average Bonchev–Trinajstić information content (AvgIpc) is 2.78. The number of nitrogens with zero attached hydrogens (tertiary/aromatic N) is 1. The Morgan fingerprint density at radius 2 is 1.58 bits per heavy atom. The van der Waals surface area contributed by atoms with Crippen LogP contribution in [0.4, 0.5) is 0 Å². The molecule has 7 heteroatoms. The number of amides is 1. The van der Waals surface area contributed by atoms with Crippen LogP contribution in [0.25, 0.3) is 0 Å². The molecule has 1 aliphatic rings. The molecule has 1 amide bonds. The van der Waals surface area contributed by atoms with Crippen LogP contribution < -0.4 is 4.72 Å². The van der Waals surface area contributed by atoms with Crippen molar-refractivity contribution in [2.45, 2.75) is 30.3 Å². The molecule has 160 valence electrons. The maximum Gasteiger partial charge on any atom is 0.241 e. The van der Waals surface area contributed by atoms with Gasteiger partial charge in [0.15, 0.2) is 0 Å². The van der Waals surface area contributed by atoms with E-state index in [0.717, 1.165) is 17.5 Å². The minimum atomic E-state index is -3.90. The first kappa shape index (κ1) is 21.6. The maximum absolute atomic E-state index is 13.5. The lowest BCUT2D eigenvalue weighted by atomic mass is 9.98. The molecule has 0 aliphatic carbocycles. The Morgan fingerprint density at radius 3 is 2.29 bits per heavy atom. The van der Waals surface area contributed by atoms with Crippen LogP contribution >= 0.6 is 11.6 Å². The molecule has 3 aromatic carbocycles. The lowest BCUT2D eigenvalue weighted by molar-refractivity contribution is -0.133. The van der Waals surface area contributed by atoms with E-state index in [1.165, 1.54) is 29.8 Å². The van der Waals surface area contributed by atoms with Crippen molar-refractivity contribution in [1.82, 2.24) is 9.62 Å². The van der Waals surface area contributed by atoms with Gasteiger partial charge >= 0.3 is 0 Å². The van der Waals surface area contributed by atoms with Gasteiger partial charge in [0.25, 0.3) is 0 Å². The molecule has 1 atom stereocenters. The molecule has 31 heavy (non-hydrogen) atoms. The predicted molar refractivity (Wildman–Crippen MR) is 121 cm³/mol. The number of carbonyl (C=O) groups excluding carboxylic acids is 1. The molecule has 4 rings (SSSR count). The number of rotatable bonds is 6. The summed E-state index contributed by atoms with van der Waals surface area (Å²) in [5, 5.41) is 0.447. The van der Waals surface area contributed by atoms with E-state index < -0.39 is 16.1 Å². The molecule has 0 spiro atoms. The van der Waals surface area contributed by atoms with Crippen molar-refractivity contribution in [3.05, 3.63) is 101 Å². The zero-order valence-corrected chi connectivity index (χ0v) is 18.4. The van der Waals surface area contributed by atoms with Gasteiger partial charge in [-0.2, -0.15) is 4.72 Å². The molecular formula is C24H23ClN2O3S. The quantitative estimate of drug-likeness (QED) is 0.615. The van der Waals surface area contributed by atoms with E-state index in [9.17, 15) is 13.2 Å². The van der Waals surface area contributed by atoms with Crippen LogP contribution in [0.5, 0.6) is 0 Å². The Kier molecular flexibility index (Phi) is 6.41. The lowest BCUT2D eigenvalue weighted by Gasteiger charge is -2.32. The minimum Gasteiger partial charge on any atom is -0.337 e. The average molecular weight is 455 g/mol. The molecule has 1 heterocycles. The van der Waals surface area contributed by atoms with E-state index in [1.807, 2.05) is 48.5 Å². The smallest absolute Gasteiger partial charge is 0.241 e. The summed E-state index contributed by atoms with van der Waals surface area (Å²) in [6, 6.07) is 22.5. The highest BCUT2D eigenvalue weighted by atomic mass is 35.5. The van der Waals surface area contributed by atoms with Crippen molar-refractivity contribution in [3.63, 3.8) is 0 Å². The first-order chi connectivity index (χ1) is 14.9. The van der Waals surface area contributed by atoms with Crippen molar-refractivity contribution in [3.8, 4) is 0 Å². The summed E-state index contributed by atoms with van der Waals surface area (Å²) in [6.07, 6.45) is 1.02. The van der Waals surface area contributed by atoms with Gasteiger partial charge in [-0.15, -0.1) is 0 Å². The fraction of sp³-hybridized carbons (Fsp3) is 0.208. The number of nitrogens with one attached hydrogen (secondary N) is 1. The van der Waals surface area contributed by atoms with Gasteiger partial charge in [-0.25, -0.2) is 8.42 Å². The molecule has 0 fully saturated rings. The van der Waals surface area contributed by atoms with Crippen LogP contribution in [0.15, 0.2) is 83.8 Å². The highest BCUT2D eigenvalue weighted by Gasteiger charge is 2.31. The standard InChI is InChI=1S/C24H23ClN2O3S/c25-21-10-12-22(13-11-21)31(29,30)26-23(16-18-6-2-1-3-7-18)24(28)27-15-14-19-8-4-5-9-20(19)17-27/h1-13,23,26H,14-17H2/t23-/m0/s1. The van der Waals surface area contributed by atoms with Crippen LogP contribution in [0, 0.1) is 0 Å². The molecule has 3 aromatic rings. The third-order valence-electron chi connectivity index (χ3n) is 5.44. The monoisotopic (exact) mass is 454 g/mol. The Labute approximate surface area is 187 Å². The lowest BCUT2D eigenvalue weighted by Crippen LogP contribution is -2.50. The van der Waals surface area contributed by atoms with Crippen LogP contribution in [-0.2, 0) is 34.2 Å². The summed E-state index contributed by atoms with van der Waals surface area (Å²) in [4.78, 5) is 15.3. The van der Waals surface area contributed by atoms with Crippen molar-refractivity contribution in [1.29, 1.82) is 0 Å². The van der Waals surface area contributed by atoms with Gasteiger partial charge in [0.05, 0.1) is 4.90 Å². The summed E-state index contributed by atoms with van der Waals surface area (Å²) in [5.74, 6) is -0.226. The fourth-order valence-corrected chi connectivity index (χ4v) is 5.12. The molecule has 1 N–H and O–H groups in total. The molecule has 0 aromatic heterocycles. The first-order valence-corrected chi connectivity index (χ1v) is 12.0. The zero-order chi connectivity index (χ0) is 21.8. The van der Waals surface area contributed by atoms with E-state index in [4.69, 9.17) is 11.6 Å². The Hall–Kier alpha value is -2.67. The van der Waals surface area contributed by atoms with Gasteiger partial charge in [0, 0.05) is 18.1 Å². The van der Waals surface area contributed by atoms with Crippen molar-refractivity contribution >= 4 is 27.5 Å². The van der Waals surface area contributed by atoms with Gasteiger partial charge in [-0.05, 0) is 53.8 Å². The second kappa shape index (κ2) is 9.22. The summed E-state index contributed by atoms with van der Waals surface area (Å²) < 4.78 is 28.6. The molecule has 5 nitrogen and oxygen atoms in total. The minimum absolute atomic E-state index is 0.0757. The number of hydrogen-bond donors (Lipinski definition) is 1. The second-order valence-electron chi connectivity index (χ2n) is 7.60. The van der Waals surface area contributed by atoms with Crippen molar-refractivity contribution < 1.29 is 13.2 Å². The SMILES string of the molecule is O=C([C@H](Cc1ccccc1)NS(=O)(=O)c1ccc(Cl)cc1)N1CCc2ccccc2C1. The number of hydrogen-bond acceptors (Lipinski definition) is 3. The van der Waals surface area contributed by atoms with Crippen LogP contribution in [0.1, 0.15) is 16.7 Å². The normalized spacial score (nSPS) is 14.7. The second-order valence-corrected chi connectivity index (χ2v) is 9.75. The molecule has 0 saturated heterocycles. The van der Waals surface area contributed by atoms with E-state index in [-0.39, 0.29) is 17.2 Å². The van der Waals surface area contributed by atoms with Crippen molar-refractivity contribution in [2.75, 3.05) is 6.54 Å². The summed E-state index contributed by atoms with van der Waals surface area (Å²) in [5.41, 5.74) is 3.21. The third kappa shape index (κ3) is 5.15. The Balaban J connectivity index is 1.60. The van der Waals surface area contributed by atoms with E-state index in [2.05, 4.69) is 10.8 Å². The summed E-state index contributed by atoms with van der Waals surface area (Å²) >= 11 is 5.89. The molecule has 0 unspecified atom stereocenters. The first-order valence-electron chi connectivity index (χ1n) is 10.1. The van der Waals surface area contributed by atoms with Gasteiger partial charge in [0.1, 0.15) is 6.04 Å². The van der Waals surface area contributed by atoms with Crippen LogP contribution in [0.3, 0.4) is 0 Å². The molecule has 0 bridgehead atoms. The summed E-state index contributed by atoms with van der Waals surface area (Å²) in [7, 11) is -3.90. The molecular weight excluding hydrogens is 432 g/mol. The summed E-state index contributed by atoms with van der Waals surface area (Å²) in [6.45, 7) is 1.03. The number of carbonyl (C=O) groups is 1. The third-order valence-corrected chi connectivity index (χ3v) is 7.18. The van der Waals surface area contributed by atoms with Gasteiger partial charge in [-0.1, -0.05) is 66.2 Å². The highest BCUT2D eigenvalue weighted by molar-refractivity contribution is 7.89. The van der Waals surface area contributed by atoms with Gasteiger partial charge in [-0.3, -0.25) is 4.79 Å². The molecule has 0 saturated carbocycles. The van der Waals surface area contributed by atoms with Gasteiger partial charge < -0.3 is 4.90 Å². The molecule has 1 aliphatic heterocycles. The van der Waals surface area contributed by atoms with Crippen molar-refractivity contribution in [2.24, 2.45) is 0 Å². The highest BCUT2D eigenvalue weighted by Crippen LogP contribution is 2.21. The van der Waals surface area contributed by atoms with E-state index >= 15 is 0 Å². The number of halogens is 1. The maximum atomic E-state index is 13.5. The Bertz CT molecular complexity index is 1160.